The molecule has 0 amide bonds. The summed E-state index contributed by atoms with van der Waals surface area (Å²) in [6.45, 7) is 7.10. The maximum atomic E-state index is 14.2. The lowest BCUT2D eigenvalue weighted by atomic mass is 10.2. The third kappa shape index (κ3) is 4.04. The molecule has 0 fully saturated rings. The minimum atomic E-state index is -2.94. The molecular weight excluding hydrogens is 319 g/mol. The molecule has 126 valence electrons. The van der Waals surface area contributed by atoms with Crippen LogP contribution in [0.1, 0.15) is 20.3 Å². The number of hydrogen-bond acceptors (Lipinski definition) is 3. The molecule has 2 atom stereocenters. The summed E-state index contributed by atoms with van der Waals surface area (Å²) >= 11 is 0. The molecule has 0 aliphatic carbocycles. The van der Waals surface area contributed by atoms with Crippen LogP contribution < -0.4 is 10.6 Å². The smallest absolute Gasteiger partial charge is 0.302 e. The van der Waals surface area contributed by atoms with Crippen molar-refractivity contribution in [1.29, 1.82) is 0 Å². The topological polar surface area (TPSA) is 43.4 Å². The van der Waals surface area contributed by atoms with Crippen LogP contribution in [0.25, 0.3) is 0 Å². The van der Waals surface area contributed by atoms with Gasteiger partial charge in [-0.3, -0.25) is 4.79 Å². The van der Waals surface area contributed by atoms with Gasteiger partial charge in [0.05, 0.1) is 0 Å². The van der Waals surface area contributed by atoms with Gasteiger partial charge in [-0.15, -0.1) is 6.58 Å². The molecule has 0 N–H and O–H groups in total. The van der Waals surface area contributed by atoms with E-state index >= 15 is 0 Å². The lowest BCUT2D eigenvalue weighted by Crippen LogP contribution is -2.28. The zero-order valence-electron chi connectivity index (χ0n) is 14.1. The van der Waals surface area contributed by atoms with E-state index in [1.54, 1.807) is 6.08 Å². The first-order valence-corrected chi connectivity index (χ1v) is 9.76. The van der Waals surface area contributed by atoms with Gasteiger partial charge in [0.1, 0.15) is 13.2 Å². The summed E-state index contributed by atoms with van der Waals surface area (Å²) in [7, 11) is -2.94. The van der Waals surface area contributed by atoms with Gasteiger partial charge in [-0.1, -0.05) is 66.7 Å². The molecule has 0 aliphatic rings. The molecular formula is C20H23O3P. The number of rotatable bonds is 7. The van der Waals surface area contributed by atoms with Gasteiger partial charge in [-0.05, 0) is 13.3 Å². The molecule has 0 spiro atoms. The maximum Gasteiger partial charge on any atom is 0.302 e. The van der Waals surface area contributed by atoms with Gasteiger partial charge < -0.3 is 9.30 Å². The Morgan fingerprint density at radius 3 is 1.92 bits per heavy atom. The molecule has 2 aromatic rings. The van der Waals surface area contributed by atoms with Crippen molar-refractivity contribution in [2.24, 2.45) is 0 Å². The summed E-state index contributed by atoms with van der Waals surface area (Å²) in [6, 6.07) is 18.9. The van der Waals surface area contributed by atoms with E-state index in [4.69, 9.17) is 4.74 Å². The highest BCUT2D eigenvalue weighted by atomic mass is 31.2. The molecule has 0 radical (unpaired) electrons. The summed E-state index contributed by atoms with van der Waals surface area (Å²) in [5, 5.41) is 1.58. The Morgan fingerprint density at radius 1 is 1.08 bits per heavy atom. The number of ether oxygens (including phenoxy) is 1. The first-order chi connectivity index (χ1) is 11.5. The highest BCUT2D eigenvalue weighted by Gasteiger charge is 2.36. The van der Waals surface area contributed by atoms with Gasteiger partial charge in [-0.2, -0.15) is 0 Å². The average molecular weight is 342 g/mol. The number of benzene rings is 2. The van der Waals surface area contributed by atoms with E-state index < -0.39 is 7.14 Å². The standard InChI is InChI=1S/C20H23O3P/c1-4-18(15-16(2)23-17(3)21)24(22,19-11-7-5-8-12-19)20-13-9-6-10-14-20/h4-14,16,18H,1,15H2,2-3H3. The van der Waals surface area contributed by atoms with Crippen LogP contribution in [0.2, 0.25) is 0 Å². The van der Waals surface area contributed by atoms with Crippen molar-refractivity contribution < 1.29 is 14.1 Å². The Morgan fingerprint density at radius 2 is 1.54 bits per heavy atom. The molecule has 0 bridgehead atoms. The van der Waals surface area contributed by atoms with Crippen molar-refractivity contribution in [3.8, 4) is 0 Å². The highest BCUT2D eigenvalue weighted by molar-refractivity contribution is 7.79. The number of esters is 1. The van der Waals surface area contributed by atoms with Gasteiger partial charge in [0.2, 0.25) is 0 Å². The van der Waals surface area contributed by atoms with E-state index in [2.05, 4.69) is 6.58 Å². The molecule has 0 heterocycles. The van der Waals surface area contributed by atoms with Gasteiger partial charge in [0.25, 0.3) is 0 Å². The zero-order valence-corrected chi connectivity index (χ0v) is 15.0. The monoisotopic (exact) mass is 342 g/mol. The Bertz CT molecular complexity index is 682. The maximum absolute atomic E-state index is 14.2. The molecule has 2 unspecified atom stereocenters. The lowest BCUT2D eigenvalue weighted by molar-refractivity contribution is -0.145. The average Bonchev–Trinajstić information content (AvgIpc) is 2.60. The molecule has 2 rings (SSSR count). The van der Waals surface area contributed by atoms with Crippen molar-refractivity contribution in [1.82, 2.24) is 0 Å². The first kappa shape index (κ1) is 18.2. The predicted molar refractivity (Wildman–Crippen MR) is 99.6 cm³/mol. The second kappa shape index (κ2) is 8.12. The van der Waals surface area contributed by atoms with Crippen molar-refractivity contribution >= 4 is 23.7 Å². The molecule has 0 aliphatic heterocycles. The van der Waals surface area contributed by atoms with Crippen molar-refractivity contribution in [3.05, 3.63) is 73.3 Å². The fourth-order valence-corrected chi connectivity index (χ4v) is 6.08. The number of hydrogen-bond donors (Lipinski definition) is 0. The molecule has 2 aromatic carbocycles. The van der Waals surface area contributed by atoms with Crippen molar-refractivity contribution in [2.75, 3.05) is 0 Å². The summed E-state index contributed by atoms with van der Waals surface area (Å²) in [6.07, 6.45) is 1.86. The van der Waals surface area contributed by atoms with Gasteiger partial charge in [-0.25, -0.2) is 0 Å². The summed E-state index contributed by atoms with van der Waals surface area (Å²) in [5.74, 6) is -0.334. The normalized spacial score (nSPS) is 13.8. The van der Waals surface area contributed by atoms with Crippen LogP contribution in [0.5, 0.6) is 0 Å². The van der Waals surface area contributed by atoms with Crippen LogP contribution in [0, 0.1) is 0 Å². The third-order valence-electron chi connectivity index (χ3n) is 3.96. The van der Waals surface area contributed by atoms with Gasteiger partial charge in [0.15, 0.2) is 0 Å². The molecule has 0 saturated carbocycles. The zero-order chi connectivity index (χ0) is 17.6. The SMILES string of the molecule is C=CC(CC(C)OC(C)=O)P(=O)(c1ccccc1)c1ccccc1. The Balaban J connectivity index is 2.47. The Kier molecular flexibility index (Phi) is 6.16. The van der Waals surface area contributed by atoms with Crippen LogP contribution in [0.3, 0.4) is 0 Å². The molecule has 0 saturated heterocycles. The fourth-order valence-electron chi connectivity index (χ4n) is 2.90. The summed E-state index contributed by atoms with van der Waals surface area (Å²) in [4.78, 5) is 11.2. The van der Waals surface area contributed by atoms with E-state index in [0.717, 1.165) is 10.6 Å². The minimum Gasteiger partial charge on any atom is -0.463 e. The number of carbonyl (C=O) groups excluding carboxylic acids is 1. The fraction of sp³-hybridized carbons (Fsp3) is 0.250. The minimum absolute atomic E-state index is 0.309. The molecule has 4 heteroatoms. The van der Waals surface area contributed by atoms with Gasteiger partial charge in [0, 0.05) is 23.2 Å². The lowest BCUT2D eigenvalue weighted by Gasteiger charge is -2.28. The van der Waals surface area contributed by atoms with E-state index in [9.17, 15) is 9.36 Å². The van der Waals surface area contributed by atoms with E-state index in [0.29, 0.717) is 6.42 Å². The van der Waals surface area contributed by atoms with E-state index in [1.807, 2.05) is 67.6 Å². The van der Waals surface area contributed by atoms with E-state index in [1.165, 1.54) is 6.92 Å². The first-order valence-electron chi connectivity index (χ1n) is 7.99. The van der Waals surface area contributed by atoms with Crippen LogP contribution in [0.4, 0.5) is 0 Å². The van der Waals surface area contributed by atoms with Crippen LogP contribution in [-0.2, 0) is 14.1 Å². The Hall–Kier alpha value is -2.12. The molecule has 0 aromatic heterocycles. The number of allylic oxidation sites excluding steroid dienone is 1. The van der Waals surface area contributed by atoms with Gasteiger partial charge >= 0.3 is 5.97 Å². The van der Waals surface area contributed by atoms with Crippen LogP contribution in [0.15, 0.2) is 73.3 Å². The largest absolute Gasteiger partial charge is 0.463 e. The van der Waals surface area contributed by atoms with Crippen LogP contribution >= 0.6 is 7.14 Å². The molecule has 3 nitrogen and oxygen atoms in total. The van der Waals surface area contributed by atoms with Crippen LogP contribution in [-0.4, -0.2) is 17.7 Å². The summed E-state index contributed by atoms with van der Waals surface area (Å²) < 4.78 is 19.4. The van der Waals surface area contributed by atoms with E-state index in [-0.39, 0.29) is 17.7 Å². The number of carbonyl (C=O) groups is 1. The second-order valence-corrected chi connectivity index (χ2v) is 8.80. The van der Waals surface area contributed by atoms with Crippen molar-refractivity contribution in [2.45, 2.75) is 32.0 Å². The molecule has 24 heavy (non-hydrogen) atoms. The highest BCUT2D eigenvalue weighted by Crippen LogP contribution is 2.50. The summed E-state index contributed by atoms with van der Waals surface area (Å²) in [5.41, 5.74) is -0.309. The second-order valence-electron chi connectivity index (χ2n) is 5.79. The van der Waals surface area contributed by atoms with Crippen molar-refractivity contribution in [3.63, 3.8) is 0 Å². The Labute approximate surface area is 143 Å². The third-order valence-corrected chi connectivity index (χ3v) is 7.45. The quantitative estimate of drug-likeness (QED) is 0.435. The predicted octanol–water partition coefficient (Wildman–Crippen LogP) is 3.90.